The first-order valence-electron chi connectivity index (χ1n) is 5.65. The average molecular weight is 225 g/mol. The Morgan fingerprint density at radius 2 is 1.53 bits per heavy atom. The van der Waals surface area contributed by atoms with Gasteiger partial charge in [-0.05, 0) is 18.1 Å². The number of benzene rings is 2. The number of hydrogen-bond donors (Lipinski definition) is 0. The topological polar surface area (TPSA) is 21.6 Å². The first-order chi connectivity index (χ1) is 8.36. The van der Waals surface area contributed by atoms with E-state index in [1.165, 1.54) is 0 Å². The normalized spacial score (nSPS) is 12.5. The Kier molecular flexibility index (Phi) is 3.92. The fraction of sp³-hybridized carbons (Fsp3) is 0.133. The lowest BCUT2D eigenvalue weighted by Crippen LogP contribution is -1.95. The fourth-order valence-corrected chi connectivity index (χ4v) is 1.51. The van der Waals surface area contributed by atoms with Crippen molar-refractivity contribution >= 4 is 6.21 Å². The molecule has 2 heteroatoms. The van der Waals surface area contributed by atoms with Crippen molar-refractivity contribution in [2.75, 3.05) is 0 Å². The van der Waals surface area contributed by atoms with E-state index >= 15 is 0 Å². The number of oxime groups is 1. The van der Waals surface area contributed by atoms with Gasteiger partial charge in [-0.2, -0.15) is 0 Å². The van der Waals surface area contributed by atoms with Crippen molar-refractivity contribution in [3.63, 3.8) is 0 Å². The predicted molar refractivity (Wildman–Crippen MR) is 70.0 cm³/mol. The van der Waals surface area contributed by atoms with Crippen molar-refractivity contribution in [2.24, 2.45) is 5.16 Å². The third-order valence-electron chi connectivity index (χ3n) is 2.49. The number of hydrogen-bond acceptors (Lipinski definition) is 2. The highest BCUT2D eigenvalue weighted by Gasteiger charge is 2.03. The van der Waals surface area contributed by atoms with Crippen LogP contribution in [0.5, 0.6) is 0 Å². The number of nitrogens with zero attached hydrogens (tertiary/aromatic N) is 1. The van der Waals surface area contributed by atoms with E-state index in [-0.39, 0.29) is 6.10 Å². The van der Waals surface area contributed by atoms with Crippen LogP contribution in [0.1, 0.15) is 24.2 Å². The second kappa shape index (κ2) is 5.85. The zero-order valence-corrected chi connectivity index (χ0v) is 9.78. The summed E-state index contributed by atoms with van der Waals surface area (Å²) in [5.41, 5.74) is 2.16. The van der Waals surface area contributed by atoms with E-state index in [1.807, 2.05) is 67.6 Å². The molecule has 0 fully saturated rings. The van der Waals surface area contributed by atoms with E-state index < -0.39 is 0 Å². The second-order valence-corrected chi connectivity index (χ2v) is 3.80. The SMILES string of the molecule is CC(O/N=C/c1ccccc1)c1ccccc1. The molecule has 2 nitrogen and oxygen atoms in total. The van der Waals surface area contributed by atoms with Crippen LogP contribution in [0.15, 0.2) is 65.8 Å². The lowest BCUT2D eigenvalue weighted by Gasteiger charge is -2.08. The highest BCUT2D eigenvalue weighted by atomic mass is 16.6. The summed E-state index contributed by atoms with van der Waals surface area (Å²) in [6.45, 7) is 1.98. The molecule has 0 aliphatic carbocycles. The van der Waals surface area contributed by atoms with E-state index in [4.69, 9.17) is 4.84 Å². The van der Waals surface area contributed by atoms with Crippen LogP contribution in [0.25, 0.3) is 0 Å². The summed E-state index contributed by atoms with van der Waals surface area (Å²) in [6, 6.07) is 19.9. The third kappa shape index (κ3) is 3.45. The molecule has 0 saturated heterocycles. The smallest absolute Gasteiger partial charge is 0.149 e. The molecule has 0 aliphatic rings. The van der Waals surface area contributed by atoms with Gasteiger partial charge >= 0.3 is 0 Å². The van der Waals surface area contributed by atoms with Crippen LogP contribution >= 0.6 is 0 Å². The molecule has 0 saturated carbocycles. The lowest BCUT2D eigenvalue weighted by atomic mass is 10.1. The van der Waals surface area contributed by atoms with Crippen molar-refractivity contribution in [1.29, 1.82) is 0 Å². The van der Waals surface area contributed by atoms with Crippen molar-refractivity contribution in [1.82, 2.24) is 0 Å². The van der Waals surface area contributed by atoms with E-state index in [0.29, 0.717) is 0 Å². The van der Waals surface area contributed by atoms with Crippen molar-refractivity contribution in [3.05, 3.63) is 71.8 Å². The zero-order chi connectivity index (χ0) is 11.9. The van der Waals surface area contributed by atoms with Crippen LogP contribution in [-0.2, 0) is 4.84 Å². The molecule has 2 rings (SSSR count). The van der Waals surface area contributed by atoms with Crippen molar-refractivity contribution < 1.29 is 4.84 Å². The molecule has 2 aromatic rings. The van der Waals surface area contributed by atoms with Gasteiger partial charge in [0.15, 0.2) is 0 Å². The molecule has 0 aromatic heterocycles. The molecule has 0 radical (unpaired) electrons. The first kappa shape index (κ1) is 11.4. The molecule has 0 N–H and O–H groups in total. The van der Waals surface area contributed by atoms with Gasteiger partial charge in [0.25, 0.3) is 0 Å². The molecule has 2 aromatic carbocycles. The van der Waals surface area contributed by atoms with Gasteiger partial charge in [0.2, 0.25) is 0 Å². The maximum Gasteiger partial charge on any atom is 0.149 e. The van der Waals surface area contributed by atoms with Gasteiger partial charge in [-0.25, -0.2) is 0 Å². The van der Waals surface area contributed by atoms with Crippen LogP contribution in [0.2, 0.25) is 0 Å². The average Bonchev–Trinajstić information content (AvgIpc) is 2.41. The molecule has 1 unspecified atom stereocenters. The van der Waals surface area contributed by atoms with Gasteiger partial charge in [0, 0.05) is 0 Å². The zero-order valence-electron chi connectivity index (χ0n) is 9.78. The van der Waals surface area contributed by atoms with Gasteiger partial charge in [0.05, 0.1) is 6.21 Å². The molecule has 0 aliphatic heterocycles. The maximum absolute atomic E-state index is 5.40. The number of rotatable bonds is 4. The highest BCUT2D eigenvalue weighted by molar-refractivity contribution is 5.78. The van der Waals surface area contributed by atoms with E-state index in [2.05, 4.69) is 5.16 Å². The minimum atomic E-state index is -0.0313. The molecule has 1 atom stereocenters. The van der Waals surface area contributed by atoms with Gasteiger partial charge in [-0.1, -0.05) is 65.8 Å². The van der Waals surface area contributed by atoms with Crippen LogP contribution in [0, 0.1) is 0 Å². The molecule has 0 amide bonds. The Bertz CT molecular complexity index is 465. The highest BCUT2D eigenvalue weighted by Crippen LogP contribution is 2.15. The summed E-state index contributed by atoms with van der Waals surface area (Å²) >= 11 is 0. The molecule has 86 valence electrons. The van der Waals surface area contributed by atoms with Gasteiger partial charge in [-0.3, -0.25) is 0 Å². The Hall–Kier alpha value is -2.09. The Morgan fingerprint density at radius 1 is 0.941 bits per heavy atom. The summed E-state index contributed by atoms with van der Waals surface area (Å²) in [5.74, 6) is 0. The van der Waals surface area contributed by atoms with Crippen LogP contribution < -0.4 is 0 Å². The quantitative estimate of drug-likeness (QED) is 0.573. The summed E-state index contributed by atoms with van der Waals surface area (Å²) in [6.07, 6.45) is 1.69. The predicted octanol–water partition coefficient (Wildman–Crippen LogP) is 3.80. The molecule has 0 heterocycles. The van der Waals surface area contributed by atoms with Crippen molar-refractivity contribution in [3.8, 4) is 0 Å². The van der Waals surface area contributed by atoms with Gasteiger partial charge < -0.3 is 4.84 Å². The molecular weight excluding hydrogens is 210 g/mol. The largest absolute Gasteiger partial charge is 0.388 e. The minimum absolute atomic E-state index is 0.0313. The van der Waals surface area contributed by atoms with Crippen LogP contribution in [-0.4, -0.2) is 6.21 Å². The molecule has 0 spiro atoms. The third-order valence-corrected chi connectivity index (χ3v) is 2.49. The summed E-state index contributed by atoms with van der Waals surface area (Å²) in [5, 5.41) is 3.99. The van der Waals surface area contributed by atoms with E-state index in [9.17, 15) is 0 Å². The summed E-state index contributed by atoms with van der Waals surface area (Å²) in [4.78, 5) is 5.40. The second-order valence-electron chi connectivity index (χ2n) is 3.80. The van der Waals surface area contributed by atoms with Gasteiger partial charge in [0.1, 0.15) is 6.10 Å². The monoisotopic (exact) mass is 225 g/mol. The van der Waals surface area contributed by atoms with E-state index in [0.717, 1.165) is 11.1 Å². The Labute approximate surface area is 102 Å². The lowest BCUT2D eigenvalue weighted by molar-refractivity contribution is 0.0736. The first-order valence-corrected chi connectivity index (χ1v) is 5.65. The van der Waals surface area contributed by atoms with Crippen LogP contribution in [0.4, 0.5) is 0 Å². The van der Waals surface area contributed by atoms with Crippen molar-refractivity contribution in [2.45, 2.75) is 13.0 Å². The molecule has 0 bridgehead atoms. The van der Waals surface area contributed by atoms with Crippen LogP contribution in [0.3, 0.4) is 0 Å². The van der Waals surface area contributed by atoms with Gasteiger partial charge in [-0.15, -0.1) is 0 Å². The Morgan fingerprint density at radius 3 is 2.18 bits per heavy atom. The Balaban J connectivity index is 1.93. The standard InChI is InChI=1S/C15H15NO/c1-13(15-10-6-3-7-11-15)17-16-12-14-8-4-2-5-9-14/h2-13H,1H3/b16-12+. The summed E-state index contributed by atoms with van der Waals surface area (Å²) < 4.78 is 0. The fourth-order valence-electron chi connectivity index (χ4n) is 1.51. The molecular formula is C15H15NO. The molecule has 17 heavy (non-hydrogen) atoms. The van der Waals surface area contributed by atoms with E-state index in [1.54, 1.807) is 6.21 Å². The minimum Gasteiger partial charge on any atom is -0.388 e. The maximum atomic E-state index is 5.40. The summed E-state index contributed by atoms with van der Waals surface area (Å²) in [7, 11) is 0.